The number of hydrogen-bond donors (Lipinski definition) is 2. The fraction of sp³-hybridized carbons (Fsp3) is 0.929. The van der Waals surface area contributed by atoms with Gasteiger partial charge in [-0.3, -0.25) is 10.1 Å². The summed E-state index contributed by atoms with van der Waals surface area (Å²) in [6.45, 7) is 10.3. The predicted molar refractivity (Wildman–Crippen MR) is 72.2 cm³/mol. The van der Waals surface area contributed by atoms with E-state index in [1.54, 1.807) is 0 Å². The molecule has 2 N–H and O–H groups in total. The van der Waals surface area contributed by atoms with Crippen molar-refractivity contribution in [2.45, 2.75) is 78.3 Å². The van der Waals surface area contributed by atoms with Crippen LogP contribution in [-0.2, 0) is 4.79 Å². The van der Waals surface area contributed by atoms with Crippen molar-refractivity contribution in [3.63, 3.8) is 0 Å². The van der Waals surface area contributed by atoms with E-state index in [4.69, 9.17) is 0 Å². The first kappa shape index (κ1) is 16.4. The Bertz CT molecular complexity index is 228. The molecule has 102 valence electrons. The third-order valence-electron chi connectivity index (χ3n) is 3.35. The van der Waals surface area contributed by atoms with Crippen LogP contribution < -0.4 is 5.32 Å². The Kier molecular flexibility index (Phi) is 7.44. The Morgan fingerprint density at radius 3 is 2.24 bits per heavy atom. The standard InChI is InChI=1S/C14H29NO2/c1-6-8-12(7-2)15-14(5,13(16)17)10-9-11(3)4/h11-12,15H,6-10H2,1-5H3,(H,16,17). The molecular weight excluding hydrogens is 214 g/mol. The van der Waals surface area contributed by atoms with E-state index in [2.05, 4.69) is 33.0 Å². The minimum Gasteiger partial charge on any atom is -0.480 e. The van der Waals surface area contributed by atoms with Gasteiger partial charge in [-0.2, -0.15) is 0 Å². The molecule has 17 heavy (non-hydrogen) atoms. The number of hydrogen-bond acceptors (Lipinski definition) is 2. The molecule has 0 rings (SSSR count). The quantitative estimate of drug-likeness (QED) is 0.652. The molecule has 0 aliphatic heterocycles. The summed E-state index contributed by atoms with van der Waals surface area (Å²) in [5.74, 6) is -0.186. The smallest absolute Gasteiger partial charge is 0.323 e. The molecule has 0 radical (unpaired) electrons. The number of carboxylic acid groups (broad SMARTS) is 1. The second kappa shape index (κ2) is 7.70. The van der Waals surface area contributed by atoms with Gasteiger partial charge in [-0.25, -0.2) is 0 Å². The zero-order valence-corrected chi connectivity index (χ0v) is 12.0. The predicted octanol–water partition coefficient (Wildman–Crippen LogP) is 3.43. The monoisotopic (exact) mass is 243 g/mol. The third kappa shape index (κ3) is 6.06. The van der Waals surface area contributed by atoms with E-state index in [0.29, 0.717) is 18.4 Å². The Morgan fingerprint density at radius 1 is 1.29 bits per heavy atom. The molecule has 2 atom stereocenters. The van der Waals surface area contributed by atoms with Gasteiger partial charge in [0.05, 0.1) is 0 Å². The van der Waals surface area contributed by atoms with E-state index in [-0.39, 0.29) is 0 Å². The molecule has 0 bridgehead atoms. The lowest BCUT2D eigenvalue weighted by Crippen LogP contribution is -2.53. The van der Waals surface area contributed by atoms with Crippen LogP contribution in [-0.4, -0.2) is 22.7 Å². The highest BCUT2D eigenvalue weighted by molar-refractivity contribution is 5.78. The maximum Gasteiger partial charge on any atom is 0.323 e. The molecule has 0 heterocycles. The highest BCUT2D eigenvalue weighted by Gasteiger charge is 2.34. The van der Waals surface area contributed by atoms with Gasteiger partial charge in [0, 0.05) is 6.04 Å². The van der Waals surface area contributed by atoms with Gasteiger partial charge in [0.2, 0.25) is 0 Å². The first-order chi connectivity index (χ1) is 7.85. The van der Waals surface area contributed by atoms with Crippen molar-refractivity contribution in [2.75, 3.05) is 0 Å². The highest BCUT2D eigenvalue weighted by atomic mass is 16.4. The normalized spacial score (nSPS) is 16.8. The van der Waals surface area contributed by atoms with Crippen LogP contribution in [0.2, 0.25) is 0 Å². The molecule has 0 aromatic heterocycles. The van der Waals surface area contributed by atoms with Gasteiger partial charge in [-0.15, -0.1) is 0 Å². The van der Waals surface area contributed by atoms with Crippen LogP contribution in [0.25, 0.3) is 0 Å². The van der Waals surface area contributed by atoms with Crippen LogP contribution in [0.1, 0.15) is 66.7 Å². The average molecular weight is 243 g/mol. The fourth-order valence-electron chi connectivity index (χ4n) is 2.00. The lowest BCUT2D eigenvalue weighted by atomic mass is 9.90. The molecule has 2 unspecified atom stereocenters. The lowest BCUT2D eigenvalue weighted by molar-refractivity contribution is -0.145. The molecule has 0 fully saturated rings. The molecule has 0 aromatic rings. The number of rotatable bonds is 9. The third-order valence-corrected chi connectivity index (χ3v) is 3.35. The first-order valence-electron chi connectivity index (χ1n) is 6.86. The van der Waals surface area contributed by atoms with Crippen molar-refractivity contribution < 1.29 is 9.90 Å². The Labute approximate surface area is 106 Å². The average Bonchev–Trinajstić information content (AvgIpc) is 2.25. The van der Waals surface area contributed by atoms with E-state index < -0.39 is 11.5 Å². The zero-order chi connectivity index (χ0) is 13.5. The maximum absolute atomic E-state index is 11.4. The molecule has 0 saturated heterocycles. The number of carbonyl (C=O) groups is 1. The van der Waals surface area contributed by atoms with Crippen molar-refractivity contribution in [3.05, 3.63) is 0 Å². The minimum atomic E-state index is -0.778. The van der Waals surface area contributed by atoms with Gasteiger partial charge in [-0.05, 0) is 38.5 Å². The highest BCUT2D eigenvalue weighted by Crippen LogP contribution is 2.19. The Balaban J connectivity index is 4.53. The van der Waals surface area contributed by atoms with Crippen LogP contribution >= 0.6 is 0 Å². The van der Waals surface area contributed by atoms with Crippen LogP contribution in [0.4, 0.5) is 0 Å². The van der Waals surface area contributed by atoms with Crippen LogP contribution in [0, 0.1) is 5.92 Å². The van der Waals surface area contributed by atoms with E-state index in [0.717, 1.165) is 25.7 Å². The summed E-state index contributed by atoms with van der Waals surface area (Å²) < 4.78 is 0. The zero-order valence-electron chi connectivity index (χ0n) is 12.0. The van der Waals surface area contributed by atoms with E-state index in [9.17, 15) is 9.90 Å². The molecule has 0 aliphatic rings. The maximum atomic E-state index is 11.4. The Hall–Kier alpha value is -0.570. The van der Waals surface area contributed by atoms with Crippen molar-refractivity contribution in [3.8, 4) is 0 Å². The van der Waals surface area contributed by atoms with E-state index >= 15 is 0 Å². The molecule has 0 spiro atoms. The van der Waals surface area contributed by atoms with Crippen LogP contribution in [0.5, 0.6) is 0 Å². The molecule has 0 amide bonds. The number of nitrogens with one attached hydrogen (secondary N) is 1. The van der Waals surface area contributed by atoms with E-state index in [1.807, 2.05) is 6.92 Å². The van der Waals surface area contributed by atoms with Gasteiger partial charge in [0.25, 0.3) is 0 Å². The number of aliphatic carboxylic acids is 1. The molecule has 3 nitrogen and oxygen atoms in total. The second-order valence-electron chi connectivity index (χ2n) is 5.61. The summed E-state index contributed by atoms with van der Waals surface area (Å²) in [4.78, 5) is 11.4. The lowest BCUT2D eigenvalue weighted by Gasteiger charge is -2.32. The molecule has 0 aromatic carbocycles. The van der Waals surface area contributed by atoms with Crippen LogP contribution in [0.15, 0.2) is 0 Å². The van der Waals surface area contributed by atoms with E-state index in [1.165, 1.54) is 0 Å². The summed E-state index contributed by atoms with van der Waals surface area (Å²) in [5.41, 5.74) is -0.778. The minimum absolute atomic E-state index is 0.313. The molecular formula is C14H29NO2. The summed E-state index contributed by atoms with van der Waals surface area (Å²) in [6, 6.07) is 0.313. The van der Waals surface area contributed by atoms with Crippen molar-refractivity contribution in [1.82, 2.24) is 5.32 Å². The fourth-order valence-corrected chi connectivity index (χ4v) is 2.00. The molecule has 3 heteroatoms. The van der Waals surface area contributed by atoms with Crippen LogP contribution in [0.3, 0.4) is 0 Å². The first-order valence-corrected chi connectivity index (χ1v) is 6.86. The summed E-state index contributed by atoms with van der Waals surface area (Å²) in [5, 5.41) is 12.7. The van der Waals surface area contributed by atoms with Crippen molar-refractivity contribution >= 4 is 5.97 Å². The summed E-state index contributed by atoms with van der Waals surface area (Å²) >= 11 is 0. The second-order valence-corrected chi connectivity index (χ2v) is 5.61. The number of carboxylic acids is 1. The Morgan fingerprint density at radius 2 is 1.88 bits per heavy atom. The van der Waals surface area contributed by atoms with Gasteiger partial charge < -0.3 is 5.11 Å². The van der Waals surface area contributed by atoms with Gasteiger partial charge in [0.1, 0.15) is 5.54 Å². The summed E-state index contributed by atoms with van der Waals surface area (Å²) in [6.07, 6.45) is 4.75. The van der Waals surface area contributed by atoms with Crippen molar-refractivity contribution in [2.24, 2.45) is 5.92 Å². The SMILES string of the molecule is CCCC(CC)NC(C)(CCC(C)C)C(=O)O. The van der Waals surface area contributed by atoms with Gasteiger partial charge in [0.15, 0.2) is 0 Å². The van der Waals surface area contributed by atoms with Crippen molar-refractivity contribution in [1.29, 1.82) is 0 Å². The van der Waals surface area contributed by atoms with Gasteiger partial charge >= 0.3 is 5.97 Å². The largest absolute Gasteiger partial charge is 0.480 e. The van der Waals surface area contributed by atoms with Gasteiger partial charge in [-0.1, -0.05) is 34.1 Å². The summed E-state index contributed by atoms with van der Waals surface area (Å²) in [7, 11) is 0. The topological polar surface area (TPSA) is 49.3 Å². The molecule has 0 saturated carbocycles. The molecule has 0 aliphatic carbocycles.